The summed E-state index contributed by atoms with van der Waals surface area (Å²) in [6.45, 7) is 5.66. The van der Waals surface area contributed by atoms with Gasteiger partial charge in [0.2, 0.25) is 0 Å². The largest absolute Gasteiger partial charge is 0.330 e. The molecular weight excluding hydrogens is 196 g/mol. The van der Waals surface area contributed by atoms with Crippen LogP contribution in [0.4, 0.5) is 0 Å². The van der Waals surface area contributed by atoms with E-state index in [4.69, 9.17) is 5.73 Å². The first-order valence-corrected chi connectivity index (χ1v) is 7.32. The van der Waals surface area contributed by atoms with Crippen molar-refractivity contribution in [2.24, 2.45) is 5.73 Å². The molecule has 0 bridgehead atoms. The van der Waals surface area contributed by atoms with Crippen molar-refractivity contribution < 1.29 is 0 Å². The zero-order chi connectivity index (χ0) is 11.6. The lowest BCUT2D eigenvalue weighted by Crippen LogP contribution is -2.38. The van der Waals surface area contributed by atoms with Gasteiger partial charge in [-0.1, -0.05) is 39.0 Å². The first-order chi connectivity index (χ1) is 7.88. The van der Waals surface area contributed by atoms with E-state index in [9.17, 15) is 0 Å². The summed E-state index contributed by atoms with van der Waals surface area (Å²) < 4.78 is 0. The molecule has 0 heterocycles. The van der Waals surface area contributed by atoms with E-state index < -0.39 is 0 Å². The molecule has 2 nitrogen and oxygen atoms in total. The van der Waals surface area contributed by atoms with Crippen LogP contribution in [0.1, 0.15) is 64.7 Å². The van der Waals surface area contributed by atoms with Crippen LogP contribution < -0.4 is 5.73 Å². The van der Waals surface area contributed by atoms with E-state index in [1.807, 2.05) is 0 Å². The molecule has 0 aromatic carbocycles. The number of unbranched alkanes of at least 4 members (excludes halogenated alkanes) is 2. The molecule has 1 rings (SSSR count). The monoisotopic (exact) mass is 226 g/mol. The molecule has 1 fully saturated rings. The zero-order valence-corrected chi connectivity index (χ0v) is 11.1. The SMILES string of the molecule is CCCCCN(CCCN)C1CCCCC1. The first-order valence-electron chi connectivity index (χ1n) is 7.32. The lowest BCUT2D eigenvalue weighted by atomic mass is 9.94. The minimum absolute atomic E-state index is 0.844. The molecule has 0 atom stereocenters. The smallest absolute Gasteiger partial charge is 0.00952 e. The van der Waals surface area contributed by atoms with Gasteiger partial charge in [0.05, 0.1) is 0 Å². The van der Waals surface area contributed by atoms with Crippen LogP contribution in [0.3, 0.4) is 0 Å². The molecule has 2 N–H and O–H groups in total. The molecule has 0 radical (unpaired) electrons. The molecule has 1 aliphatic carbocycles. The van der Waals surface area contributed by atoms with Crippen molar-refractivity contribution in [3.8, 4) is 0 Å². The second-order valence-electron chi connectivity index (χ2n) is 5.18. The summed E-state index contributed by atoms with van der Waals surface area (Å²) in [4.78, 5) is 2.72. The van der Waals surface area contributed by atoms with Gasteiger partial charge in [-0.25, -0.2) is 0 Å². The maximum Gasteiger partial charge on any atom is 0.00952 e. The second-order valence-corrected chi connectivity index (χ2v) is 5.18. The Labute approximate surface area is 102 Å². The van der Waals surface area contributed by atoms with Gasteiger partial charge in [0.15, 0.2) is 0 Å². The average molecular weight is 226 g/mol. The molecule has 2 heteroatoms. The molecule has 0 aromatic rings. The van der Waals surface area contributed by atoms with E-state index in [-0.39, 0.29) is 0 Å². The molecule has 1 aliphatic rings. The maximum absolute atomic E-state index is 5.63. The van der Waals surface area contributed by atoms with Gasteiger partial charge >= 0.3 is 0 Å². The summed E-state index contributed by atoms with van der Waals surface area (Å²) in [6, 6.07) is 0.872. The number of nitrogens with two attached hydrogens (primary N) is 1. The number of nitrogens with zero attached hydrogens (tertiary/aromatic N) is 1. The molecule has 0 aliphatic heterocycles. The lowest BCUT2D eigenvalue weighted by molar-refractivity contribution is 0.152. The number of hydrogen-bond donors (Lipinski definition) is 1. The highest BCUT2D eigenvalue weighted by Crippen LogP contribution is 2.23. The molecule has 0 unspecified atom stereocenters. The van der Waals surface area contributed by atoms with Gasteiger partial charge in [-0.15, -0.1) is 0 Å². The van der Waals surface area contributed by atoms with E-state index >= 15 is 0 Å². The van der Waals surface area contributed by atoms with Crippen LogP contribution in [0, 0.1) is 0 Å². The molecule has 16 heavy (non-hydrogen) atoms. The highest BCUT2D eigenvalue weighted by atomic mass is 15.1. The summed E-state index contributed by atoms with van der Waals surface area (Å²) in [7, 11) is 0. The summed E-state index contributed by atoms with van der Waals surface area (Å²) in [5.41, 5.74) is 5.63. The van der Waals surface area contributed by atoms with E-state index in [2.05, 4.69) is 11.8 Å². The second kappa shape index (κ2) is 9.00. The Balaban J connectivity index is 2.28. The molecular formula is C14H30N2. The van der Waals surface area contributed by atoms with Gasteiger partial charge < -0.3 is 10.6 Å². The van der Waals surface area contributed by atoms with Crippen molar-refractivity contribution in [3.05, 3.63) is 0 Å². The highest BCUT2D eigenvalue weighted by molar-refractivity contribution is 4.75. The van der Waals surface area contributed by atoms with Crippen LogP contribution in [-0.4, -0.2) is 30.6 Å². The van der Waals surface area contributed by atoms with Crippen molar-refractivity contribution in [2.45, 2.75) is 70.8 Å². The van der Waals surface area contributed by atoms with Crippen LogP contribution in [-0.2, 0) is 0 Å². The summed E-state index contributed by atoms with van der Waals surface area (Å²) in [6.07, 6.45) is 12.4. The van der Waals surface area contributed by atoms with E-state index in [1.165, 1.54) is 70.9 Å². The van der Waals surface area contributed by atoms with Crippen molar-refractivity contribution in [2.75, 3.05) is 19.6 Å². The Hall–Kier alpha value is -0.0800. The van der Waals surface area contributed by atoms with Crippen molar-refractivity contribution in [3.63, 3.8) is 0 Å². The van der Waals surface area contributed by atoms with E-state index in [0.29, 0.717) is 0 Å². The third-order valence-corrected chi connectivity index (χ3v) is 3.79. The normalized spacial score (nSPS) is 18.2. The van der Waals surface area contributed by atoms with Gasteiger partial charge in [-0.3, -0.25) is 0 Å². The van der Waals surface area contributed by atoms with Crippen molar-refractivity contribution in [1.29, 1.82) is 0 Å². The topological polar surface area (TPSA) is 29.3 Å². The fourth-order valence-corrected chi connectivity index (χ4v) is 2.78. The quantitative estimate of drug-likeness (QED) is 0.644. The zero-order valence-electron chi connectivity index (χ0n) is 11.1. The van der Waals surface area contributed by atoms with Gasteiger partial charge in [-0.05, 0) is 45.3 Å². The van der Waals surface area contributed by atoms with Crippen molar-refractivity contribution in [1.82, 2.24) is 4.90 Å². The Morgan fingerprint density at radius 2 is 1.69 bits per heavy atom. The molecule has 0 spiro atoms. The molecule has 0 saturated heterocycles. The van der Waals surface area contributed by atoms with Crippen molar-refractivity contribution >= 4 is 0 Å². The minimum atomic E-state index is 0.844. The molecule has 0 aromatic heterocycles. The Bertz CT molecular complexity index is 153. The third kappa shape index (κ3) is 5.31. The maximum atomic E-state index is 5.63. The van der Waals surface area contributed by atoms with Gasteiger partial charge in [-0.2, -0.15) is 0 Å². The third-order valence-electron chi connectivity index (χ3n) is 3.79. The standard InChI is InChI=1S/C14H30N2/c1-2-3-7-12-16(13-8-11-15)14-9-5-4-6-10-14/h14H,2-13,15H2,1H3. The lowest BCUT2D eigenvalue weighted by Gasteiger charge is -2.34. The van der Waals surface area contributed by atoms with E-state index in [1.54, 1.807) is 0 Å². The fourth-order valence-electron chi connectivity index (χ4n) is 2.78. The number of hydrogen-bond acceptors (Lipinski definition) is 2. The van der Waals surface area contributed by atoms with Crippen LogP contribution in [0.5, 0.6) is 0 Å². The summed E-state index contributed by atoms with van der Waals surface area (Å²) in [5, 5.41) is 0. The Morgan fingerprint density at radius 3 is 2.31 bits per heavy atom. The van der Waals surface area contributed by atoms with Crippen LogP contribution in [0.2, 0.25) is 0 Å². The summed E-state index contributed by atoms with van der Waals surface area (Å²) >= 11 is 0. The van der Waals surface area contributed by atoms with Crippen LogP contribution in [0.15, 0.2) is 0 Å². The van der Waals surface area contributed by atoms with E-state index in [0.717, 1.165) is 12.6 Å². The highest BCUT2D eigenvalue weighted by Gasteiger charge is 2.19. The van der Waals surface area contributed by atoms with Gasteiger partial charge in [0, 0.05) is 6.04 Å². The van der Waals surface area contributed by atoms with Gasteiger partial charge in [0.25, 0.3) is 0 Å². The Morgan fingerprint density at radius 1 is 1.00 bits per heavy atom. The Kier molecular flexibility index (Phi) is 7.87. The fraction of sp³-hybridized carbons (Fsp3) is 1.00. The minimum Gasteiger partial charge on any atom is -0.330 e. The predicted molar refractivity (Wildman–Crippen MR) is 71.6 cm³/mol. The summed E-state index contributed by atoms with van der Waals surface area (Å²) in [5.74, 6) is 0. The van der Waals surface area contributed by atoms with Gasteiger partial charge in [0.1, 0.15) is 0 Å². The average Bonchev–Trinajstić information content (AvgIpc) is 2.35. The predicted octanol–water partition coefficient (Wildman–Crippen LogP) is 3.16. The first kappa shape index (κ1) is 14.0. The van der Waals surface area contributed by atoms with Crippen LogP contribution in [0.25, 0.3) is 0 Å². The molecule has 96 valence electrons. The van der Waals surface area contributed by atoms with Crippen LogP contribution >= 0.6 is 0 Å². The number of rotatable bonds is 8. The molecule has 0 amide bonds. The molecule has 1 saturated carbocycles.